The molecule has 0 bridgehead atoms. The second-order valence-corrected chi connectivity index (χ2v) is 9.25. The number of rotatable bonds is 2. The zero-order chi connectivity index (χ0) is 21.9. The molecule has 0 aromatic carbocycles. The van der Waals surface area contributed by atoms with Crippen LogP contribution in [0.4, 0.5) is 9.59 Å². The lowest BCUT2D eigenvalue weighted by Gasteiger charge is -2.26. The van der Waals surface area contributed by atoms with Gasteiger partial charge in [0.05, 0.1) is 27.2 Å². The van der Waals surface area contributed by atoms with E-state index in [2.05, 4.69) is 32.4 Å². The van der Waals surface area contributed by atoms with Gasteiger partial charge in [0, 0.05) is 19.5 Å². The highest BCUT2D eigenvalue weighted by molar-refractivity contribution is 7.20. The number of carbonyl (C=O) groups excluding carboxylic acids is 2. The maximum atomic E-state index is 12.7. The van der Waals surface area contributed by atoms with Crippen LogP contribution in [0.2, 0.25) is 5.15 Å². The first-order chi connectivity index (χ1) is 14.2. The van der Waals surface area contributed by atoms with E-state index < -0.39 is 17.7 Å². The van der Waals surface area contributed by atoms with Gasteiger partial charge in [-0.25, -0.2) is 19.6 Å². The Morgan fingerprint density at radius 3 is 2.83 bits per heavy atom. The molecule has 0 saturated carbocycles. The highest BCUT2D eigenvalue weighted by Gasteiger charge is 2.37. The SMILES string of the molecule is CCNC(=O)N[C@@H]1C[C@@H](C#Cc2cc3ncnc(Cl)c3s2)N(C(=O)OC(C)(C)C)C1. The molecule has 0 aliphatic carbocycles. The highest BCUT2D eigenvalue weighted by atomic mass is 35.5. The first kappa shape index (κ1) is 22.1. The van der Waals surface area contributed by atoms with Crippen LogP contribution in [0, 0.1) is 11.8 Å². The number of nitrogens with zero attached hydrogens (tertiary/aromatic N) is 3. The van der Waals surface area contributed by atoms with Crippen molar-refractivity contribution in [2.75, 3.05) is 13.1 Å². The second-order valence-electron chi connectivity index (χ2n) is 7.84. The third kappa shape index (κ3) is 5.52. The Balaban J connectivity index is 1.81. The first-order valence-corrected chi connectivity index (χ1v) is 10.8. The molecule has 160 valence electrons. The smallest absolute Gasteiger partial charge is 0.411 e. The van der Waals surface area contributed by atoms with Crippen molar-refractivity contribution in [3.8, 4) is 11.8 Å². The maximum absolute atomic E-state index is 12.7. The average Bonchev–Trinajstić information content (AvgIpc) is 3.23. The van der Waals surface area contributed by atoms with E-state index >= 15 is 0 Å². The zero-order valence-corrected chi connectivity index (χ0v) is 18.9. The number of likely N-dealkylation sites (tertiary alicyclic amines) is 1. The minimum absolute atomic E-state index is 0.217. The highest BCUT2D eigenvalue weighted by Crippen LogP contribution is 2.28. The number of fused-ring (bicyclic) bond motifs is 1. The van der Waals surface area contributed by atoms with Gasteiger partial charge >= 0.3 is 12.1 Å². The van der Waals surface area contributed by atoms with E-state index in [-0.39, 0.29) is 12.1 Å². The number of thiophene rings is 1. The summed E-state index contributed by atoms with van der Waals surface area (Å²) in [6.07, 6.45) is 1.47. The van der Waals surface area contributed by atoms with Gasteiger partial charge in [0.25, 0.3) is 0 Å². The summed E-state index contributed by atoms with van der Waals surface area (Å²) in [4.78, 5) is 35.1. The van der Waals surface area contributed by atoms with Gasteiger partial charge in [-0.2, -0.15) is 0 Å². The van der Waals surface area contributed by atoms with Crippen LogP contribution < -0.4 is 10.6 Å². The third-order valence-corrected chi connectivity index (χ3v) is 5.68. The quantitative estimate of drug-likeness (QED) is 0.541. The monoisotopic (exact) mass is 449 g/mol. The van der Waals surface area contributed by atoms with Crippen LogP contribution >= 0.6 is 22.9 Å². The molecule has 0 unspecified atom stereocenters. The molecule has 10 heteroatoms. The predicted molar refractivity (Wildman–Crippen MR) is 117 cm³/mol. The van der Waals surface area contributed by atoms with E-state index in [4.69, 9.17) is 16.3 Å². The summed E-state index contributed by atoms with van der Waals surface area (Å²) in [5.74, 6) is 6.27. The number of ether oxygens (including phenoxy) is 1. The normalized spacial score (nSPS) is 18.6. The van der Waals surface area contributed by atoms with E-state index in [1.165, 1.54) is 17.7 Å². The summed E-state index contributed by atoms with van der Waals surface area (Å²) in [6, 6.07) is 0.972. The van der Waals surface area contributed by atoms with E-state index in [9.17, 15) is 9.59 Å². The van der Waals surface area contributed by atoms with Crippen molar-refractivity contribution < 1.29 is 14.3 Å². The Morgan fingerprint density at radius 1 is 1.40 bits per heavy atom. The number of hydrogen-bond donors (Lipinski definition) is 2. The van der Waals surface area contributed by atoms with E-state index in [1.54, 1.807) is 4.90 Å². The van der Waals surface area contributed by atoms with Gasteiger partial charge in [-0.3, -0.25) is 4.90 Å². The van der Waals surface area contributed by atoms with Crippen molar-refractivity contribution in [2.24, 2.45) is 0 Å². The Bertz CT molecular complexity index is 1010. The summed E-state index contributed by atoms with van der Waals surface area (Å²) >= 11 is 7.51. The number of amides is 3. The van der Waals surface area contributed by atoms with E-state index in [0.29, 0.717) is 24.7 Å². The van der Waals surface area contributed by atoms with Crippen LogP contribution in [0.15, 0.2) is 12.4 Å². The predicted octanol–water partition coefficient (Wildman–Crippen LogP) is 3.39. The summed E-state index contributed by atoms with van der Waals surface area (Å²) in [5.41, 5.74) is 0.108. The second kappa shape index (κ2) is 9.06. The molecule has 30 heavy (non-hydrogen) atoms. The van der Waals surface area contributed by atoms with E-state index in [0.717, 1.165) is 15.1 Å². The molecule has 0 radical (unpaired) electrons. The fourth-order valence-electron chi connectivity index (χ4n) is 3.04. The molecule has 3 amide bonds. The average molecular weight is 450 g/mol. The third-order valence-electron chi connectivity index (χ3n) is 4.23. The lowest BCUT2D eigenvalue weighted by atomic mass is 10.1. The molecule has 2 N–H and O–H groups in total. The Labute approximate surface area is 184 Å². The number of halogens is 1. The van der Waals surface area contributed by atoms with Gasteiger partial charge in [0.1, 0.15) is 17.1 Å². The van der Waals surface area contributed by atoms with Gasteiger partial charge in [-0.05, 0) is 33.8 Å². The molecule has 1 aliphatic rings. The minimum Gasteiger partial charge on any atom is -0.444 e. The topological polar surface area (TPSA) is 96.5 Å². The number of nitrogens with one attached hydrogen (secondary N) is 2. The lowest BCUT2D eigenvalue weighted by Crippen LogP contribution is -2.44. The maximum Gasteiger partial charge on any atom is 0.411 e. The summed E-state index contributed by atoms with van der Waals surface area (Å²) in [5, 5.41) is 5.98. The van der Waals surface area contributed by atoms with Gasteiger partial charge in [0.15, 0.2) is 0 Å². The fraction of sp³-hybridized carbons (Fsp3) is 0.500. The standard InChI is InChI=1S/C20H24ClN5O3S/c1-5-22-18(27)25-12-8-13(26(10-12)19(28)29-20(2,3)4)6-7-14-9-15-16(30-14)17(21)24-11-23-15/h9,11-13H,5,8,10H2,1-4H3,(H2,22,25,27)/t12-,13-/m1/s1. The van der Waals surface area contributed by atoms with Crippen molar-refractivity contribution in [3.05, 3.63) is 22.4 Å². The molecule has 3 rings (SSSR count). The van der Waals surface area contributed by atoms with Crippen molar-refractivity contribution in [2.45, 2.75) is 51.8 Å². The van der Waals surface area contributed by atoms with Crippen LogP contribution in [-0.2, 0) is 4.74 Å². The number of aromatic nitrogens is 2. The van der Waals surface area contributed by atoms with Gasteiger partial charge in [0.2, 0.25) is 0 Å². The zero-order valence-electron chi connectivity index (χ0n) is 17.3. The lowest BCUT2D eigenvalue weighted by molar-refractivity contribution is 0.0257. The van der Waals surface area contributed by atoms with Gasteiger partial charge < -0.3 is 15.4 Å². The van der Waals surface area contributed by atoms with Crippen molar-refractivity contribution in [3.63, 3.8) is 0 Å². The molecule has 0 spiro atoms. The fourth-order valence-corrected chi connectivity index (χ4v) is 4.15. The van der Waals surface area contributed by atoms with Crippen molar-refractivity contribution in [1.29, 1.82) is 0 Å². The Kier molecular flexibility index (Phi) is 6.68. The number of carbonyl (C=O) groups is 2. The number of urea groups is 1. The van der Waals surface area contributed by atoms with Crippen LogP contribution in [-0.4, -0.2) is 57.8 Å². The molecule has 2 atom stereocenters. The van der Waals surface area contributed by atoms with E-state index in [1.807, 2.05) is 33.8 Å². The first-order valence-electron chi connectivity index (χ1n) is 9.62. The molecule has 3 heterocycles. The van der Waals surface area contributed by atoms with Crippen molar-refractivity contribution >= 4 is 45.3 Å². The molecule has 2 aromatic heterocycles. The number of hydrogen-bond acceptors (Lipinski definition) is 6. The van der Waals surface area contributed by atoms with Crippen LogP contribution in [0.1, 0.15) is 39.0 Å². The molecular weight excluding hydrogens is 426 g/mol. The van der Waals surface area contributed by atoms with Crippen LogP contribution in [0.5, 0.6) is 0 Å². The molecule has 1 saturated heterocycles. The largest absolute Gasteiger partial charge is 0.444 e. The summed E-state index contributed by atoms with van der Waals surface area (Å²) in [6.45, 7) is 8.14. The van der Waals surface area contributed by atoms with Crippen LogP contribution in [0.3, 0.4) is 0 Å². The molecule has 1 fully saturated rings. The molecule has 8 nitrogen and oxygen atoms in total. The molecule has 2 aromatic rings. The van der Waals surface area contributed by atoms with Crippen molar-refractivity contribution in [1.82, 2.24) is 25.5 Å². The minimum atomic E-state index is -0.624. The molecule has 1 aliphatic heterocycles. The van der Waals surface area contributed by atoms with Gasteiger partial charge in [-0.15, -0.1) is 11.3 Å². The summed E-state index contributed by atoms with van der Waals surface area (Å²) in [7, 11) is 0. The Hall–Kier alpha value is -2.57. The Morgan fingerprint density at radius 2 is 2.17 bits per heavy atom. The van der Waals surface area contributed by atoms with Gasteiger partial charge in [-0.1, -0.05) is 23.4 Å². The summed E-state index contributed by atoms with van der Waals surface area (Å²) < 4.78 is 6.30. The van der Waals surface area contributed by atoms with Crippen LogP contribution in [0.25, 0.3) is 10.2 Å². The molecular formula is C20H24ClN5O3S.